The first-order valence-electron chi connectivity index (χ1n) is 9.17. The molecule has 0 amide bonds. The monoisotopic (exact) mass is 361 g/mol. The average Bonchev–Trinajstić information content (AvgIpc) is 3.19. The van der Waals surface area contributed by atoms with Gasteiger partial charge in [-0.1, -0.05) is 48.5 Å². The molecule has 2 N–H and O–H groups in total. The number of nitrogens with one attached hydrogen (secondary N) is 1. The van der Waals surface area contributed by atoms with Gasteiger partial charge in [-0.15, -0.1) is 0 Å². The molecule has 0 saturated carbocycles. The fourth-order valence-corrected chi connectivity index (χ4v) is 4.02. The van der Waals surface area contributed by atoms with Gasteiger partial charge in [-0.05, 0) is 29.8 Å². The third-order valence-corrected chi connectivity index (χ3v) is 5.32. The van der Waals surface area contributed by atoms with E-state index in [0.717, 1.165) is 54.9 Å². The number of H-pyrrole nitrogens is 1. The second-order valence-corrected chi connectivity index (χ2v) is 6.95. The highest BCUT2D eigenvalue weighted by molar-refractivity contribution is 6.26. The molecule has 4 aromatic carbocycles. The van der Waals surface area contributed by atoms with Gasteiger partial charge in [0.2, 0.25) is 0 Å². The second kappa shape index (κ2) is 5.54. The molecule has 0 spiro atoms. The van der Waals surface area contributed by atoms with Gasteiger partial charge in [-0.3, -0.25) is 0 Å². The highest BCUT2D eigenvalue weighted by atomic mass is 16.3. The Morgan fingerprint density at radius 3 is 2.07 bits per heavy atom. The van der Waals surface area contributed by atoms with Crippen LogP contribution in [0.4, 0.5) is 0 Å². The lowest BCUT2D eigenvalue weighted by Crippen LogP contribution is -1.91. The van der Waals surface area contributed by atoms with Crippen LogP contribution in [0.15, 0.2) is 79.0 Å². The fourth-order valence-electron chi connectivity index (χ4n) is 4.02. The van der Waals surface area contributed by atoms with Crippen molar-refractivity contribution < 1.29 is 5.11 Å². The summed E-state index contributed by atoms with van der Waals surface area (Å²) in [6.07, 6.45) is 2.01. The van der Waals surface area contributed by atoms with Crippen molar-refractivity contribution in [3.8, 4) is 16.9 Å². The molecule has 4 heteroatoms. The lowest BCUT2D eigenvalue weighted by molar-refractivity contribution is 0.475. The van der Waals surface area contributed by atoms with E-state index in [1.54, 1.807) is 12.1 Å². The van der Waals surface area contributed by atoms with Crippen LogP contribution >= 0.6 is 0 Å². The number of benzene rings is 4. The van der Waals surface area contributed by atoms with Crippen molar-refractivity contribution >= 4 is 43.7 Å². The maximum Gasteiger partial charge on any atom is 0.115 e. The van der Waals surface area contributed by atoms with Crippen molar-refractivity contribution in [2.24, 2.45) is 0 Å². The standard InChI is InChI=1S/C24H15N3O/c28-15-11-9-14(10-12-15)18-13-25-22-16-5-1-2-6-17(16)23-24(21(18)22)27-20-8-4-3-7-19(20)26-23/h1-13,25,28H. The van der Waals surface area contributed by atoms with Crippen molar-refractivity contribution in [1.29, 1.82) is 0 Å². The molecular weight excluding hydrogens is 346 g/mol. The molecule has 6 rings (SSSR count). The maximum absolute atomic E-state index is 9.67. The molecule has 0 radical (unpaired) electrons. The van der Waals surface area contributed by atoms with Crippen molar-refractivity contribution in [3.05, 3.63) is 79.0 Å². The van der Waals surface area contributed by atoms with Gasteiger partial charge in [0.05, 0.1) is 22.1 Å². The van der Waals surface area contributed by atoms with Crippen LogP contribution in [-0.4, -0.2) is 20.1 Å². The van der Waals surface area contributed by atoms with E-state index in [1.807, 2.05) is 54.7 Å². The van der Waals surface area contributed by atoms with E-state index in [2.05, 4.69) is 17.1 Å². The van der Waals surface area contributed by atoms with Crippen LogP contribution in [0.2, 0.25) is 0 Å². The van der Waals surface area contributed by atoms with E-state index >= 15 is 0 Å². The Morgan fingerprint density at radius 1 is 0.679 bits per heavy atom. The molecule has 28 heavy (non-hydrogen) atoms. The Kier molecular flexibility index (Phi) is 3.00. The van der Waals surface area contributed by atoms with E-state index in [4.69, 9.17) is 9.97 Å². The summed E-state index contributed by atoms with van der Waals surface area (Å²) >= 11 is 0. The lowest BCUT2D eigenvalue weighted by Gasteiger charge is -2.09. The summed E-state index contributed by atoms with van der Waals surface area (Å²) < 4.78 is 0. The van der Waals surface area contributed by atoms with Crippen LogP contribution in [0.5, 0.6) is 5.75 Å². The van der Waals surface area contributed by atoms with Crippen molar-refractivity contribution in [2.75, 3.05) is 0 Å². The van der Waals surface area contributed by atoms with Gasteiger partial charge in [0, 0.05) is 27.9 Å². The Morgan fingerprint density at radius 2 is 1.32 bits per heavy atom. The highest BCUT2D eigenvalue weighted by Gasteiger charge is 2.17. The van der Waals surface area contributed by atoms with Crippen molar-refractivity contribution in [1.82, 2.24) is 15.0 Å². The van der Waals surface area contributed by atoms with Crippen LogP contribution in [0, 0.1) is 0 Å². The smallest absolute Gasteiger partial charge is 0.115 e. The number of phenolic OH excluding ortho intramolecular Hbond substituents is 1. The molecule has 0 aliphatic heterocycles. The number of hydrogen-bond acceptors (Lipinski definition) is 3. The van der Waals surface area contributed by atoms with Gasteiger partial charge in [0.1, 0.15) is 11.3 Å². The minimum Gasteiger partial charge on any atom is -0.508 e. The number of rotatable bonds is 1. The number of fused-ring (bicyclic) bond motifs is 7. The Balaban J connectivity index is 1.86. The molecule has 6 aromatic rings. The summed E-state index contributed by atoms with van der Waals surface area (Å²) in [7, 11) is 0. The fraction of sp³-hybridized carbons (Fsp3) is 0. The third-order valence-electron chi connectivity index (χ3n) is 5.32. The van der Waals surface area contributed by atoms with Gasteiger partial charge < -0.3 is 10.1 Å². The van der Waals surface area contributed by atoms with Crippen LogP contribution in [0.25, 0.3) is 54.9 Å². The molecule has 2 heterocycles. The molecule has 0 saturated heterocycles. The minimum atomic E-state index is 0.254. The summed E-state index contributed by atoms with van der Waals surface area (Å²) in [4.78, 5) is 13.4. The van der Waals surface area contributed by atoms with Crippen LogP contribution in [-0.2, 0) is 0 Å². The molecule has 0 fully saturated rings. The number of aromatic amines is 1. The molecule has 2 aromatic heterocycles. The van der Waals surface area contributed by atoms with Gasteiger partial charge >= 0.3 is 0 Å². The van der Waals surface area contributed by atoms with Crippen molar-refractivity contribution in [2.45, 2.75) is 0 Å². The zero-order chi connectivity index (χ0) is 18.7. The Labute approximate surface area is 160 Å². The number of para-hydroxylation sites is 2. The second-order valence-electron chi connectivity index (χ2n) is 6.95. The summed E-state index contributed by atoms with van der Waals surface area (Å²) in [5.41, 5.74) is 6.69. The van der Waals surface area contributed by atoms with Gasteiger partial charge in [-0.2, -0.15) is 0 Å². The number of hydrogen-bond donors (Lipinski definition) is 2. The predicted molar refractivity (Wildman–Crippen MR) is 114 cm³/mol. The average molecular weight is 361 g/mol. The van der Waals surface area contributed by atoms with Gasteiger partial charge in [-0.25, -0.2) is 9.97 Å². The van der Waals surface area contributed by atoms with E-state index in [9.17, 15) is 5.11 Å². The first kappa shape index (κ1) is 15.2. The minimum absolute atomic E-state index is 0.254. The Bertz CT molecular complexity index is 1510. The highest BCUT2D eigenvalue weighted by Crippen LogP contribution is 2.39. The molecule has 0 aliphatic rings. The van der Waals surface area contributed by atoms with E-state index in [0.29, 0.717) is 0 Å². The molecule has 0 unspecified atom stereocenters. The summed E-state index contributed by atoms with van der Waals surface area (Å²) in [6, 6.07) is 23.5. The Hall–Kier alpha value is -3.92. The van der Waals surface area contributed by atoms with Gasteiger partial charge in [0.15, 0.2) is 0 Å². The quantitative estimate of drug-likeness (QED) is 0.288. The summed E-state index contributed by atoms with van der Waals surface area (Å²) in [5.74, 6) is 0.254. The number of aromatic nitrogens is 3. The zero-order valence-corrected chi connectivity index (χ0v) is 14.8. The van der Waals surface area contributed by atoms with E-state index in [-0.39, 0.29) is 5.75 Å². The summed E-state index contributed by atoms with van der Waals surface area (Å²) in [5, 5.41) is 12.9. The SMILES string of the molecule is Oc1ccc(-c2c[nH]c3c4ccccc4c4nc5ccccc5nc4c23)cc1. The van der Waals surface area contributed by atoms with Crippen LogP contribution in [0.3, 0.4) is 0 Å². The first-order chi connectivity index (χ1) is 13.8. The third kappa shape index (κ3) is 2.06. The lowest BCUT2D eigenvalue weighted by atomic mass is 9.99. The number of phenols is 1. The van der Waals surface area contributed by atoms with E-state index < -0.39 is 0 Å². The first-order valence-corrected chi connectivity index (χ1v) is 9.17. The van der Waals surface area contributed by atoms with Crippen molar-refractivity contribution in [3.63, 3.8) is 0 Å². The zero-order valence-electron chi connectivity index (χ0n) is 14.8. The molecule has 0 atom stereocenters. The van der Waals surface area contributed by atoms with Gasteiger partial charge in [0.25, 0.3) is 0 Å². The largest absolute Gasteiger partial charge is 0.508 e. The maximum atomic E-state index is 9.67. The summed E-state index contributed by atoms with van der Waals surface area (Å²) in [6.45, 7) is 0. The van der Waals surface area contributed by atoms with E-state index in [1.165, 1.54) is 0 Å². The van der Waals surface area contributed by atoms with Crippen LogP contribution in [0.1, 0.15) is 0 Å². The molecular formula is C24H15N3O. The molecule has 0 bridgehead atoms. The van der Waals surface area contributed by atoms with Crippen LogP contribution < -0.4 is 0 Å². The molecule has 132 valence electrons. The predicted octanol–water partition coefficient (Wildman–Crippen LogP) is 5.79. The number of aromatic hydroxyl groups is 1. The number of nitrogens with zero attached hydrogens (tertiary/aromatic N) is 2. The topological polar surface area (TPSA) is 61.8 Å². The molecule has 4 nitrogen and oxygen atoms in total. The molecule has 0 aliphatic carbocycles. The normalized spacial score (nSPS) is 11.7.